The van der Waals surface area contributed by atoms with Crippen molar-refractivity contribution in [3.8, 4) is 17.2 Å². The highest BCUT2D eigenvalue weighted by molar-refractivity contribution is 6.05. The largest absolute Gasteiger partial charge is 0.493 e. The minimum absolute atomic E-state index is 0.293. The molecule has 0 unspecified atom stereocenters. The summed E-state index contributed by atoms with van der Waals surface area (Å²) in [6, 6.07) is 11.2. The van der Waals surface area contributed by atoms with E-state index in [2.05, 4.69) is 19.8 Å². The number of hydrogen-bond acceptors (Lipinski definition) is 6. The lowest BCUT2D eigenvalue weighted by Crippen LogP contribution is -2.32. The number of aromatic nitrogens is 2. The lowest BCUT2D eigenvalue weighted by molar-refractivity contribution is 0.102. The van der Waals surface area contributed by atoms with E-state index in [1.807, 2.05) is 24.3 Å². The van der Waals surface area contributed by atoms with Crippen LogP contribution >= 0.6 is 0 Å². The summed E-state index contributed by atoms with van der Waals surface area (Å²) < 4.78 is 18.2. The summed E-state index contributed by atoms with van der Waals surface area (Å²) in [4.78, 5) is 20.3. The second-order valence-corrected chi connectivity index (χ2v) is 7.85. The first-order valence-electron chi connectivity index (χ1n) is 10.9. The maximum Gasteiger partial charge on any atom is 0.258 e. The number of ether oxygens (including phenoxy) is 3. The van der Waals surface area contributed by atoms with Crippen molar-refractivity contribution in [3.63, 3.8) is 0 Å². The SMILES string of the molecule is COc1cc(C(=O)Nc2nc3ccccc3n2CCN2CCCCC2)cc(OC)c1OC. The predicted octanol–water partition coefficient (Wildman–Crippen LogP) is 3.80. The van der Waals surface area contributed by atoms with Crippen molar-refractivity contribution >= 4 is 22.9 Å². The summed E-state index contributed by atoms with van der Waals surface area (Å²) in [5.41, 5.74) is 2.25. The molecule has 1 N–H and O–H groups in total. The Balaban J connectivity index is 1.61. The number of amides is 1. The van der Waals surface area contributed by atoms with Gasteiger partial charge in [-0.15, -0.1) is 0 Å². The van der Waals surface area contributed by atoms with E-state index in [-0.39, 0.29) is 5.91 Å². The number of rotatable bonds is 8. The fourth-order valence-electron chi connectivity index (χ4n) is 4.21. The van der Waals surface area contributed by atoms with Gasteiger partial charge in [0.15, 0.2) is 11.5 Å². The summed E-state index contributed by atoms with van der Waals surface area (Å²) in [5.74, 6) is 1.53. The molecule has 1 saturated heterocycles. The van der Waals surface area contributed by atoms with Crippen LogP contribution in [0, 0.1) is 0 Å². The number of piperidine rings is 1. The molecule has 0 aliphatic carbocycles. The van der Waals surface area contributed by atoms with E-state index in [1.54, 1.807) is 12.1 Å². The van der Waals surface area contributed by atoms with Crippen molar-refractivity contribution < 1.29 is 19.0 Å². The van der Waals surface area contributed by atoms with E-state index in [0.717, 1.165) is 37.2 Å². The monoisotopic (exact) mass is 438 g/mol. The molecule has 1 amide bonds. The van der Waals surface area contributed by atoms with Crippen LogP contribution in [0.15, 0.2) is 36.4 Å². The van der Waals surface area contributed by atoms with Crippen LogP contribution in [0.4, 0.5) is 5.95 Å². The third-order valence-corrected chi connectivity index (χ3v) is 5.90. The van der Waals surface area contributed by atoms with Crippen molar-refractivity contribution in [1.82, 2.24) is 14.5 Å². The Bertz CT molecular complexity index is 1060. The molecule has 1 fully saturated rings. The van der Waals surface area contributed by atoms with E-state index in [4.69, 9.17) is 14.2 Å². The predicted molar refractivity (Wildman–Crippen MR) is 124 cm³/mol. The summed E-state index contributed by atoms with van der Waals surface area (Å²) in [5, 5.41) is 2.99. The van der Waals surface area contributed by atoms with Crippen LogP contribution in [0.2, 0.25) is 0 Å². The van der Waals surface area contributed by atoms with Crippen LogP contribution in [-0.4, -0.2) is 61.3 Å². The summed E-state index contributed by atoms with van der Waals surface area (Å²) in [6.45, 7) is 3.93. The van der Waals surface area contributed by atoms with Crippen LogP contribution in [0.3, 0.4) is 0 Å². The average Bonchev–Trinajstić information content (AvgIpc) is 3.19. The number of benzene rings is 2. The summed E-state index contributed by atoms with van der Waals surface area (Å²) >= 11 is 0. The number of methoxy groups -OCH3 is 3. The number of nitrogens with zero attached hydrogens (tertiary/aromatic N) is 3. The van der Waals surface area contributed by atoms with E-state index < -0.39 is 0 Å². The van der Waals surface area contributed by atoms with E-state index in [0.29, 0.717) is 28.8 Å². The van der Waals surface area contributed by atoms with Gasteiger partial charge in [0.2, 0.25) is 11.7 Å². The first-order chi connectivity index (χ1) is 15.6. The molecule has 1 aliphatic heterocycles. The fourth-order valence-corrected chi connectivity index (χ4v) is 4.21. The highest BCUT2D eigenvalue weighted by Gasteiger charge is 2.20. The van der Waals surface area contributed by atoms with Crippen molar-refractivity contribution in [2.75, 3.05) is 46.3 Å². The number of imidazole rings is 1. The van der Waals surface area contributed by atoms with Crippen molar-refractivity contribution in [2.45, 2.75) is 25.8 Å². The molecule has 0 bridgehead atoms. The van der Waals surface area contributed by atoms with Crippen molar-refractivity contribution in [1.29, 1.82) is 0 Å². The van der Waals surface area contributed by atoms with E-state index in [1.165, 1.54) is 40.6 Å². The maximum atomic E-state index is 13.2. The molecule has 8 nitrogen and oxygen atoms in total. The van der Waals surface area contributed by atoms with Crippen LogP contribution in [0.1, 0.15) is 29.6 Å². The standard InChI is InChI=1S/C24H30N4O4/c1-30-20-15-17(16-21(31-2)22(20)32-3)23(29)26-24-25-18-9-5-6-10-19(18)28(24)14-13-27-11-7-4-8-12-27/h5-6,9-10,15-16H,4,7-8,11-14H2,1-3H3,(H,25,26,29). The number of likely N-dealkylation sites (tertiary alicyclic amines) is 1. The minimum atomic E-state index is -0.293. The highest BCUT2D eigenvalue weighted by atomic mass is 16.5. The van der Waals surface area contributed by atoms with Gasteiger partial charge in [0.1, 0.15) is 0 Å². The number of para-hydroxylation sites is 2. The van der Waals surface area contributed by atoms with E-state index >= 15 is 0 Å². The highest BCUT2D eigenvalue weighted by Crippen LogP contribution is 2.38. The molecule has 1 aromatic heterocycles. The van der Waals surface area contributed by atoms with Gasteiger partial charge in [-0.05, 0) is 50.2 Å². The zero-order valence-electron chi connectivity index (χ0n) is 18.9. The maximum absolute atomic E-state index is 13.2. The Hall–Kier alpha value is -3.26. The molecule has 0 atom stereocenters. The first-order valence-corrected chi connectivity index (χ1v) is 10.9. The van der Waals surface area contributed by atoms with Gasteiger partial charge in [0.05, 0.1) is 32.4 Å². The van der Waals surface area contributed by atoms with Crippen molar-refractivity contribution in [3.05, 3.63) is 42.0 Å². The molecular weight excluding hydrogens is 408 g/mol. The summed E-state index contributed by atoms with van der Waals surface area (Å²) in [7, 11) is 4.59. The van der Waals surface area contributed by atoms with Crippen molar-refractivity contribution in [2.24, 2.45) is 0 Å². The van der Waals surface area contributed by atoms with Gasteiger partial charge in [-0.25, -0.2) is 4.98 Å². The van der Waals surface area contributed by atoms with Gasteiger partial charge in [-0.3, -0.25) is 10.1 Å². The number of anilines is 1. The van der Waals surface area contributed by atoms with Gasteiger partial charge in [0.25, 0.3) is 5.91 Å². The molecule has 0 saturated carbocycles. The molecule has 3 aromatic rings. The molecule has 170 valence electrons. The molecule has 1 aliphatic rings. The minimum Gasteiger partial charge on any atom is -0.493 e. The molecule has 4 rings (SSSR count). The van der Waals surface area contributed by atoms with Crippen LogP contribution in [-0.2, 0) is 6.54 Å². The van der Waals surface area contributed by atoms with Gasteiger partial charge in [-0.1, -0.05) is 18.6 Å². The second-order valence-electron chi connectivity index (χ2n) is 7.85. The topological polar surface area (TPSA) is 77.9 Å². The Morgan fingerprint density at radius 3 is 2.31 bits per heavy atom. The smallest absolute Gasteiger partial charge is 0.258 e. The number of nitrogens with one attached hydrogen (secondary N) is 1. The zero-order valence-corrected chi connectivity index (χ0v) is 18.9. The van der Waals surface area contributed by atoms with Gasteiger partial charge >= 0.3 is 0 Å². The Kier molecular flexibility index (Phi) is 6.80. The van der Waals surface area contributed by atoms with Crippen LogP contribution in [0.25, 0.3) is 11.0 Å². The third-order valence-electron chi connectivity index (χ3n) is 5.90. The zero-order chi connectivity index (χ0) is 22.5. The quantitative estimate of drug-likeness (QED) is 0.576. The second kappa shape index (κ2) is 9.91. The fraction of sp³-hybridized carbons (Fsp3) is 0.417. The van der Waals surface area contributed by atoms with Crippen LogP contribution in [0.5, 0.6) is 17.2 Å². The molecule has 8 heteroatoms. The molecule has 0 spiro atoms. The lowest BCUT2D eigenvalue weighted by Gasteiger charge is -2.26. The average molecular weight is 439 g/mol. The molecule has 2 aromatic carbocycles. The van der Waals surface area contributed by atoms with Gasteiger partial charge < -0.3 is 23.7 Å². The Labute approximate surface area is 188 Å². The lowest BCUT2D eigenvalue weighted by atomic mass is 10.1. The number of carbonyl (C=O) groups excluding carboxylic acids is 1. The number of hydrogen-bond donors (Lipinski definition) is 1. The molecule has 32 heavy (non-hydrogen) atoms. The molecule has 2 heterocycles. The molecule has 0 radical (unpaired) electrons. The van der Waals surface area contributed by atoms with Gasteiger partial charge in [0, 0.05) is 18.7 Å². The van der Waals surface area contributed by atoms with Crippen LogP contribution < -0.4 is 19.5 Å². The Morgan fingerprint density at radius 2 is 1.66 bits per heavy atom. The normalized spacial score (nSPS) is 14.3. The van der Waals surface area contributed by atoms with Gasteiger partial charge in [-0.2, -0.15) is 0 Å². The first kappa shape index (κ1) is 22.0. The summed E-state index contributed by atoms with van der Waals surface area (Å²) in [6.07, 6.45) is 3.80. The van der Waals surface area contributed by atoms with E-state index in [9.17, 15) is 4.79 Å². The number of fused-ring (bicyclic) bond motifs is 1. The third kappa shape index (κ3) is 4.50. The molecular formula is C24H30N4O4. The number of carbonyl (C=O) groups is 1. The Morgan fingerprint density at radius 1 is 0.969 bits per heavy atom.